The molecule has 340 valence electrons. The first-order valence-electron chi connectivity index (χ1n) is 25.1. The SMILES string of the molecule is CCCCCCCCC(CCCCCC)C(=O)CCCCCC(O)CN(CCn1cccn1)CC(O)CCCCOC(=O)C(CCCCCC)CCCCCCCC. The number of unbranched alkanes of at least 4 members (excludes halogenated alkanes) is 19. The minimum atomic E-state index is -0.517. The minimum absolute atomic E-state index is 0.0167. The Morgan fingerprint density at radius 3 is 1.50 bits per heavy atom. The topological polar surface area (TPSA) is 105 Å². The van der Waals surface area contributed by atoms with Gasteiger partial charge in [-0.2, -0.15) is 5.10 Å². The lowest BCUT2D eigenvalue weighted by molar-refractivity contribution is -0.149. The van der Waals surface area contributed by atoms with Gasteiger partial charge in [-0.25, -0.2) is 0 Å². The summed E-state index contributed by atoms with van der Waals surface area (Å²) >= 11 is 0. The molecule has 0 aromatic carbocycles. The van der Waals surface area contributed by atoms with Gasteiger partial charge in [-0.3, -0.25) is 19.2 Å². The van der Waals surface area contributed by atoms with Crippen LogP contribution in [-0.2, 0) is 20.9 Å². The highest BCUT2D eigenvalue weighted by Gasteiger charge is 2.21. The molecule has 0 aliphatic heterocycles. The maximum Gasteiger partial charge on any atom is 0.308 e. The van der Waals surface area contributed by atoms with Crippen LogP contribution in [0.3, 0.4) is 0 Å². The van der Waals surface area contributed by atoms with Crippen LogP contribution in [-0.4, -0.2) is 75.1 Å². The van der Waals surface area contributed by atoms with Gasteiger partial charge in [-0.05, 0) is 63.9 Å². The second-order valence-corrected chi connectivity index (χ2v) is 17.8. The lowest BCUT2D eigenvalue weighted by Crippen LogP contribution is -2.40. The van der Waals surface area contributed by atoms with Crippen molar-refractivity contribution in [3.63, 3.8) is 0 Å². The molecule has 0 amide bonds. The minimum Gasteiger partial charge on any atom is -0.465 e. The summed E-state index contributed by atoms with van der Waals surface area (Å²) in [5, 5.41) is 26.5. The number of aliphatic hydroxyl groups is 2. The van der Waals surface area contributed by atoms with Crippen molar-refractivity contribution >= 4 is 11.8 Å². The largest absolute Gasteiger partial charge is 0.465 e. The van der Waals surface area contributed by atoms with Crippen LogP contribution in [0.5, 0.6) is 0 Å². The molecule has 0 aliphatic rings. The van der Waals surface area contributed by atoms with E-state index in [4.69, 9.17) is 4.74 Å². The molecule has 2 N–H and O–H groups in total. The summed E-state index contributed by atoms with van der Waals surface area (Å²) in [6.45, 7) is 11.8. The Morgan fingerprint density at radius 2 is 1.00 bits per heavy atom. The van der Waals surface area contributed by atoms with Crippen LogP contribution in [0.1, 0.15) is 233 Å². The number of nitrogens with zero attached hydrogens (tertiary/aromatic N) is 3. The highest BCUT2D eigenvalue weighted by Crippen LogP contribution is 2.23. The Bertz CT molecular complexity index is 974. The van der Waals surface area contributed by atoms with E-state index in [1.807, 2.05) is 16.9 Å². The van der Waals surface area contributed by atoms with Crippen molar-refractivity contribution in [3.8, 4) is 0 Å². The van der Waals surface area contributed by atoms with E-state index in [0.717, 1.165) is 70.6 Å². The van der Waals surface area contributed by atoms with Gasteiger partial charge in [0, 0.05) is 44.4 Å². The van der Waals surface area contributed by atoms with Crippen LogP contribution in [0.2, 0.25) is 0 Å². The molecule has 1 aromatic rings. The van der Waals surface area contributed by atoms with Crippen molar-refractivity contribution in [2.45, 2.75) is 252 Å². The van der Waals surface area contributed by atoms with Crippen molar-refractivity contribution in [3.05, 3.63) is 18.5 Å². The zero-order valence-electron chi connectivity index (χ0n) is 38.7. The van der Waals surface area contributed by atoms with E-state index in [1.165, 1.54) is 116 Å². The quantitative estimate of drug-likeness (QED) is 0.0499. The molecule has 58 heavy (non-hydrogen) atoms. The molecule has 0 fully saturated rings. The number of carbonyl (C=O) groups is 2. The maximum atomic E-state index is 13.3. The highest BCUT2D eigenvalue weighted by atomic mass is 16.5. The van der Waals surface area contributed by atoms with Gasteiger partial charge in [0.2, 0.25) is 0 Å². The molecule has 4 unspecified atom stereocenters. The van der Waals surface area contributed by atoms with Gasteiger partial charge in [0.1, 0.15) is 5.78 Å². The number of Topliss-reactive ketones (excluding diaryl/α,β-unsaturated/α-hetero) is 1. The summed E-state index contributed by atoms with van der Waals surface area (Å²) in [7, 11) is 0. The highest BCUT2D eigenvalue weighted by molar-refractivity contribution is 5.80. The van der Waals surface area contributed by atoms with E-state index < -0.39 is 12.2 Å². The molecule has 1 heterocycles. The predicted octanol–water partition coefficient (Wildman–Crippen LogP) is 12.8. The third-order valence-corrected chi connectivity index (χ3v) is 12.2. The van der Waals surface area contributed by atoms with Crippen molar-refractivity contribution in [2.24, 2.45) is 11.8 Å². The maximum absolute atomic E-state index is 13.3. The number of hydrogen-bond donors (Lipinski definition) is 2. The van der Waals surface area contributed by atoms with Crippen molar-refractivity contribution in [2.75, 3.05) is 26.2 Å². The van der Waals surface area contributed by atoms with E-state index in [-0.39, 0.29) is 17.8 Å². The second kappa shape index (κ2) is 39.4. The molecule has 0 aliphatic carbocycles. The molecule has 0 bridgehead atoms. The van der Waals surface area contributed by atoms with Crippen LogP contribution in [0, 0.1) is 11.8 Å². The third kappa shape index (κ3) is 31.2. The van der Waals surface area contributed by atoms with Crippen molar-refractivity contribution in [1.82, 2.24) is 14.7 Å². The molecule has 0 saturated carbocycles. The van der Waals surface area contributed by atoms with E-state index >= 15 is 0 Å². The standard InChI is InChI=1S/C50H95N3O5/c1-5-9-13-17-19-24-32-45(31-22-15-11-7-3)49(56)37-27-21-26-35-47(54)43-52(40-41-53-39-30-38-51-53)44-48(55)36-28-29-42-58-50(57)46(33-23-16-12-8-4)34-25-20-18-14-10-6-2/h30,38-39,45-48,54-55H,5-29,31-37,40-44H2,1-4H3. The fourth-order valence-electron chi connectivity index (χ4n) is 8.37. The molecular weight excluding hydrogens is 723 g/mol. The molecule has 8 heteroatoms. The summed E-state index contributed by atoms with van der Waals surface area (Å²) in [5.41, 5.74) is 0. The number of aromatic nitrogens is 2. The van der Waals surface area contributed by atoms with Gasteiger partial charge in [-0.1, -0.05) is 169 Å². The average Bonchev–Trinajstić information content (AvgIpc) is 3.74. The molecule has 4 atom stereocenters. The van der Waals surface area contributed by atoms with Gasteiger partial charge in [0.05, 0.1) is 31.3 Å². The molecule has 0 saturated heterocycles. The summed E-state index contributed by atoms with van der Waals surface area (Å²) < 4.78 is 7.69. The van der Waals surface area contributed by atoms with Gasteiger partial charge in [0.15, 0.2) is 0 Å². The molecular formula is C50H95N3O5. The van der Waals surface area contributed by atoms with Gasteiger partial charge >= 0.3 is 5.97 Å². The lowest BCUT2D eigenvalue weighted by atomic mass is 9.88. The normalized spacial score (nSPS) is 13.8. The fourth-order valence-corrected chi connectivity index (χ4v) is 8.37. The molecule has 0 radical (unpaired) electrons. The third-order valence-electron chi connectivity index (χ3n) is 12.2. The summed E-state index contributed by atoms with van der Waals surface area (Å²) in [4.78, 5) is 28.5. The average molecular weight is 818 g/mol. The molecule has 1 aromatic heterocycles. The number of ketones is 1. The Balaban J connectivity index is 2.49. The Morgan fingerprint density at radius 1 is 0.569 bits per heavy atom. The van der Waals surface area contributed by atoms with Crippen molar-refractivity contribution < 1.29 is 24.5 Å². The van der Waals surface area contributed by atoms with Gasteiger partial charge in [-0.15, -0.1) is 0 Å². The fraction of sp³-hybridized carbons (Fsp3) is 0.900. The number of aliphatic hydroxyl groups excluding tert-OH is 2. The molecule has 8 nitrogen and oxygen atoms in total. The van der Waals surface area contributed by atoms with Gasteiger partial charge in [0.25, 0.3) is 0 Å². The first-order valence-corrected chi connectivity index (χ1v) is 25.1. The molecule has 0 spiro atoms. The summed E-state index contributed by atoms with van der Waals surface area (Å²) in [6.07, 6.45) is 37.7. The van der Waals surface area contributed by atoms with E-state index in [0.29, 0.717) is 57.8 Å². The van der Waals surface area contributed by atoms with E-state index in [9.17, 15) is 19.8 Å². The zero-order chi connectivity index (χ0) is 42.3. The van der Waals surface area contributed by atoms with Crippen molar-refractivity contribution in [1.29, 1.82) is 0 Å². The Kier molecular flexibility index (Phi) is 36.8. The Labute approximate surface area is 358 Å². The van der Waals surface area contributed by atoms with Crippen LogP contribution in [0.4, 0.5) is 0 Å². The number of carbonyl (C=O) groups excluding carboxylic acids is 2. The van der Waals surface area contributed by atoms with Crippen LogP contribution in [0.25, 0.3) is 0 Å². The first kappa shape index (κ1) is 54.2. The van der Waals surface area contributed by atoms with Gasteiger partial charge < -0.3 is 14.9 Å². The van der Waals surface area contributed by atoms with Crippen LogP contribution < -0.4 is 0 Å². The van der Waals surface area contributed by atoms with Crippen LogP contribution in [0.15, 0.2) is 18.5 Å². The van der Waals surface area contributed by atoms with Crippen LogP contribution >= 0.6 is 0 Å². The number of hydrogen-bond acceptors (Lipinski definition) is 7. The number of ether oxygens (including phenoxy) is 1. The summed E-state index contributed by atoms with van der Waals surface area (Å²) in [6, 6.07) is 1.91. The number of rotatable bonds is 44. The number of esters is 1. The van der Waals surface area contributed by atoms with E-state index in [1.54, 1.807) is 6.20 Å². The second-order valence-electron chi connectivity index (χ2n) is 17.8. The zero-order valence-corrected chi connectivity index (χ0v) is 38.7. The van der Waals surface area contributed by atoms with E-state index in [2.05, 4.69) is 37.7 Å². The molecule has 1 rings (SSSR count). The smallest absolute Gasteiger partial charge is 0.308 e. The first-order chi connectivity index (χ1) is 28.3. The Hall–Kier alpha value is -1.77. The predicted molar refractivity (Wildman–Crippen MR) is 244 cm³/mol. The lowest BCUT2D eigenvalue weighted by Gasteiger charge is -2.27. The monoisotopic (exact) mass is 818 g/mol. The summed E-state index contributed by atoms with van der Waals surface area (Å²) in [5.74, 6) is 0.688.